The number of nitrogens with zero attached hydrogens (tertiary/aromatic N) is 1. The van der Waals surface area contributed by atoms with E-state index in [2.05, 4.69) is 10.2 Å². The number of carbonyl (C=O) groups excluding carboxylic acids is 1. The Morgan fingerprint density at radius 1 is 1.05 bits per heavy atom. The molecule has 7 nitrogen and oxygen atoms in total. The van der Waals surface area contributed by atoms with Crippen molar-refractivity contribution < 1.29 is 41.7 Å². The molecule has 1 unspecified atom stereocenters. The summed E-state index contributed by atoms with van der Waals surface area (Å²) in [5.74, 6) is -1.09. The molecule has 2 aromatic rings. The van der Waals surface area contributed by atoms with Gasteiger partial charge in [0.2, 0.25) is 0 Å². The van der Waals surface area contributed by atoms with Crippen molar-refractivity contribution in [2.75, 3.05) is 26.3 Å². The maximum absolute atomic E-state index is 13.6. The minimum atomic E-state index is -4.61. The van der Waals surface area contributed by atoms with Crippen LogP contribution in [0.4, 0.5) is 17.6 Å². The van der Waals surface area contributed by atoms with Gasteiger partial charge in [0.15, 0.2) is 0 Å². The lowest BCUT2D eigenvalue weighted by atomic mass is 9.84. The predicted octanol–water partition coefficient (Wildman–Crippen LogP) is 5.91. The number of hydrogen-bond donors (Lipinski definition) is 2. The second-order valence-corrected chi connectivity index (χ2v) is 11.9. The van der Waals surface area contributed by atoms with Crippen LogP contribution in [-0.2, 0) is 27.0 Å². The van der Waals surface area contributed by atoms with Gasteiger partial charge in [-0.3, -0.25) is 14.5 Å². The van der Waals surface area contributed by atoms with Gasteiger partial charge in [-0.05, 0) is 111 Å². The highest BCUT2D eigenvalue weighted by molar-refractivity contribution is 5.86. The van der Waals surface area contributed by atoms with E-state index in [1.54, 1.807) is 0 Å². The van der Waals surface area contributed by atoms with Gasteiger partial charge in [-0.15, -0.1) is 0 Å². The van der Waals surface area contributed by atoms with Gasteiger partial charge in [0, 0.05) is 19.0 Å². The van der Waals surface area contributed by atoms with Gasteiger partial charge in [-0.1, -0.05) is 12.1 Å². The summed E-state index contributed by atoms with van der Waals surface area (Å²) in [5.41, 5.74) is -0.492. The Labute approximate surface area is 248 Å². The van der Waals surface area contributed by atoms with Crippen molar-refractivity contribution in [2.45, 2.75) is 81.6 Å². The molecule has 3 fully saturated rings. The van der Waals surface area contributed by atoms with Crippen molar-refractivity contribution in [1.82, 2.24) is 10.2 Å². The molecule has 2 N–H and O–H groups in total. The van der Waals surface area contributed by atoms with Crippen LogP contribution in [0.25, 0.3) is 0 Å². The molecule has 2 aromatic carbocycles. The quantitative estimate of drug-likeness (QED) is 0.244. The Kier molecular flexibility index (Phi) is 9.60. The fourth-order valence-corrected chi connectivity index (χ4v) is 6.39. The molecule has 43 heavy (non-hydrogen) atoms. The number of carboxylic acid groups (broad SMARTS) is 1. The zero-order valence-corrected chi connectivity index (χ0v) is 24.0. The SMILES string of the molecule is O=C(O)CCCOc1cc(CNC(=O)[C@@]2(C3CC3)CCC(N3CCC(c4ccc(F)cc4)CC3)CO2)cc(C(F)(F)F)c1. The fraction of sp³-hybridized carbons (Fsp3) is 0.562. The highest BCUT2D eigenvalue weighted by atomic mass is 19.4. The summed E-state index contributed by atoms with van der Waals surface area (Å²) in [6.45, 7) is 2.06. The smallest absolute Gasteiger partial charge is 0.416 e. The number of likely N-dealkylation sites (tertiary alicyclic amines) is 1. The lowest BCUT2D eigenvalue weighted by molar-refractivity contribution is -0.165. The minimum Gasteiger partial charge on any atom is -0.494 e. The van der Waals surface area contributed by atoms with E-state index in [1.165, 1.54) is 18.2 Å². The number of carbonyl (C=O) groups is 2. The summed E-state index contributed by atoms with van der Waals surface area (Å²) in [7, 11) is 0. The topological polar surface area (TPSA) is 88.1 Å². The number of piperidine rings is 1. The second kappa shape index (κ2) is 13.2. The number of alkyl halides is 3. The maximum atomic E-state index is 13.6. The summed E-state index contributed by atoms with van der Waals surface area (Å²) in [4.78, 5) is 26.7. The third-order valence-electron chi connectivity index (χ3n) is 8.94. The van der Waals surface area contributed by atoms with Gasteiger partial charge in [0.1, 0.15) is 17.2 Å². The van der Waals surface area contributed by atoms with Crippen molar-refractivity contribution >= 4 is 11.9 Å². The molecule has 1 saturated carbocycles. The number of benzene rings is 2. The first-order chi connectivity index (χ1) is 20.5. The van der Waals surface area contributed by atoms with E-state index >= 15 is 0 Å². The molecule has 11 heteroatoms. The Hall–Kier alpha value is -3.18. The first-order valence-corrected chi connectivity index (χ1v) is 15.0. The van der Waals surface area contributed by atoms with Crippen molar-refractivity contribution in [1.29, 1.82) is 0 Å². The number of aliphatic carboxylic acids is 1. The van der Waals surface area contributed by atoms with E-state index in [4.69, 9.17) is 14.6 Å². The molecular weight excluding hydrogens is 568 g/mol. The molecule has 2 saturated heterocycles. The van der Waals surface area contributed by atoms with E-state index < -0.39 is 23.3 Å². The molecule has 3 aliphatic rings. The van der Waals surface area contributed by atoms with E-state index in [1.807, 2.05) is 12.1 Å². The molecule has 2 heterocycles. The first-order valence-electron chi connectivity index (χ1n) is 15.0. The minimum absolute atomic E-state index is 0.0266. The zero-order valence-electron chi connectivity index (χ0n) is 24.0. The molecular formula is C32H38F4N2O5. The molecule has 2 atom stereocenters. The van der Waals surface area contributed by atoms with Gasteiger partial charge >= 0.3 is 12.1 Å². The maximum Gasteiger partial charge on any atom is 0.416 e. The number of ether oxygens (including phenoxy) is 2. The van der Waals surface area contributed by atoms with E-state index in [0.717, 1.165) is 62.9 Å². The summed E-state index contributed by atoms with van der Waals surface area (Å²) >= 11 is 0. The largest absolute Gasteiger partial charge is 0.494 e. The van der Waals surface area contributed by atoms with Crippen molar-refractivity contribution in [3.8, 4) is 5.75 Å². The number of nitrogens with one attached hydrogen (secondary N) is 1. The highest BCUT2D eigenvalue weighted by Gasteiger charge is 2.54. The highest BCUT2D eigenvalue weighted by Crippen LogP contribution is 2.47. The Balaban J connectivity index is 1.17. The van der Waals surface area contributed by atoms with Crippen LogP contribution >= 0.6 is 0 Å². The van der Waals surface area contributed by atoms with Gasteiger partial charge in [-0.2, -0.15) is 13.2 Å². The molecule has 0 aromatic heterocycles. The number of halogens is 4. The molecule has 1 amide bonds. The average Bonchev–Trinajstić information content (AvgIpc) is 3.84. The van der Waals surface area contributed by atoms with Crippen molar-refractivity contribution in [2.24, 2.45) is 5.92 Å². The van der Waals surface area contributed by atoms with Crippen LogP contribution in [0.5, 0.6) is 5.75 Å². The Morgan fingerprint density at radius 2 is 1.77 bits per heavy atom. The monoisotopic (exact) mass is 606 g/mol. The number of carboxylic acids is 1. The number of amides is 1. The molecule has 0 bridgehead atoms. The molecule has 2 aliphatic heterocycles. The number of hydrogen-bond acceptors (Lipinski definition) is 5. The molecule has 0 radical (unpaired) electrons. The first kappa shape index (κ1) is 31.3. The van der Waals surface area contributed by atoms with Crippen LogP contribution in [0.15, 0.2) is 42.5 Å². The van der Waals surface area contributed by atoms with Crippen LogP contribution in [0.1, 0.15) is 74.0 Å². The van der Waals surface area contributed by atoms with E-state index in [-0.39, 0.29) is 61.0 Å². The van der Waals surface area contributed by atoms with Crippen LogP contribution < -0.4 is 10.1 Å². The molecule has 0 spiro atoms. The van der Waals surface area contributed by atoms with Gasteiger partial charge < -0.3 is 19.9 Å². The molecule has 5 rings (SSSR count). The van der Waals surface area contributed by atoms with Gasteiger partial charge in [-0.25, -0.2) is 4.39 Å². The number of rotatable bonds is 11. The third-order valence-corrected chi connectivity index (χ3v) is 8.94. The summed E-state index contributed by atoms with van der Waals surface area (Å²) in [6.07, 6.45) is 0.431. The molecule has 1 aliphatic carbocycles. The van der Waals surface area contributed by atoms with E-state index in [9.17, 15) is 27.2 Å². The van der Waals surface area contributed by atoms with Gasteiger partial charge in [0.25, 0.3) is 5.91 Å². The summed E-state index contributed by atoms with van der Waals surface area (Å²) in [6, 6.07) is 10.2. The standard InChI is InChI=1S/C32H38F4N2O5/c33-26-7-3-22(4-8-26)23-10-13-38(14-11-23)27-9-12-31(43-20-27,24-5-6-24)30(41)37-19-21-16-25(32(34,35)36)18-28(17-21)42-15-1-2-29(39)40/h3-4,7-8,16-18,23-24,27H,1-2,5-6,9-15,19-20H2,(H,37,41)(H,39,40)/t27?,31-/m0/s1. The second-order valence-electron chi connectivity index (χ2n) is 11.9. The zero-order chi connectivity index (χ0) is 30.6. The van der Waals surface area contributed by atoms with Crippen LogP contribution in [0.2, 0.25) is 0 Å². The summed E-state index contributed by atoms with van der Waals surface area (Å²) < 4.78 is 65.8. The van der Waals surface area contributed by atoms with E-state index in [0.29, 0.717) is 18.9 Å². The lowest BCUT2D eigenvalue weighted by Crippen LogP contribution is -2.57. The average molecular weight is 607 g/mol. The predicted molar refractivity (Wildman–Crippen MR) is 150 cm³/mol. The van der Waals surface area contributed by atoms with Crippen molar-refractivity contribution in [3.63, 3.8) is 0 Å². The molecule has 234 valence electrons. The lowest BCUT2D eigenvalue weighted by Gasteiger charge is -2.45. The summed E-state index contributed by atoms with van der Waals surface area (Å²) in [5, 5.41) is 11.6. The van der Waals surface area contributed by atoms with Crippen molar-refractivity contribution in [3.05, 3.63) is 65.0 Å². The third kappa shape index (κ3) is 7.86. The van der Waals surface area contributed by atoms with Crippen LogP contribution in [0, 0.1) is 11.7 Å². The van der Waals surface area contributed by atoms with Crippen LogP contribution in [-0.4, -0.2) is 59.8 Å². The van der Waals surface area contributed by atoms with Gasteiger partial charge in [0.05, 0.1) is 18.8 Å². The van der Waals surface area contributed by atoms with Crippen LogP contribution in [0.3, 0.4) is 0 Å². The Bertz CT molecular complexity index is 1270. The normalized spacial score (nSPS) is 23.6. The fourth-order valence-electron chi connectivity index (χ4n) is 6.39. The Morgan fingerprint density at radius 3 is 2.37 bits per heavy atom.